The first-order valence-electron chi connectivity index (χ1n) is 5.35. The first-order valence-corrected chi connectivity index (χ1v) is 5.73. The topological polar surface area (TPSA) is 26.0 Å². The molecule has 2 N–H and O–H groups in total. The lowest BCUT2D eigenvalue weighted by Crippen LogP contribution is -2.10. The van der Waals surface area contributed by atoms with Crippen LogP contribution in [0.3, 0.4) is 0 Å². The Balaban J connectivity index is 2.60. The molecule has 0 fully saturated rings. The molecule has 0 radical (unpaired) electrons. The van der Waals surface area contributed by atoms with E-state index in [9.17, 15) is 4.39 Å². The van der Waals surface area contributed by atoms with Crippen LogP contribution in [0.1, 0.15) is 44.2 Å². The molecular weight excluding hydrogens is 213 g/mol. The van der Waals surface area contributed by atoms with Crippen LogP contribution in [0.2, 0.25) is 5.02 Å². The zero-order chi connectivity index (χ0) is 11.3. The lowest BCUT2D eigenvalue weighted by atomic mass is 10.0. The van der Waals surface area contributed by atoms with Crippen molar-refractivity contribution in [3.05, 3.63) is 34.6 Å². The minimum atomic E-state index is -0.316. The van der Waals surface area contributed by atoms with Gasteiger partial charge in [-0.2, -0.15) is 0 Å². The Morgan fingerprint density at radius 2 is 2.07 bits per heavy atom. The summed E-state index contributed by atoms with van der Waals surface area (Å²) in [4.78, 5) is 0. The number of unbranched alkanes of at least 4 members (excludes halogenated alkanes) is 2. The predicted molar refractivity (Wildman–Crippen MR) is 62.5 cm³/mol. The van der Waals surface area contributed by atoms with E-state index in [0.29, 0.717) is 5.02 Å². The average molecular weight is 230 g/mol. The summed E-state index contributed by atoms with van der Waals surface area (Å²) in [6, 6.07) is 4.39. The normalized spacial score (nSPS) is 12.8. The van der Waals surface area contributed by atoms with Crippen LogP contribution in [0.5, 0.6) is 0 Å². The van der Waals surface area contributed by atoms with Crippen LogP contribution in [0.15, 0.2) is 18.2 Å². The lowest BCUT2D eigenvalue weighted by molar-refractivity contribution is 0.572. The van der Waals surface area contributed by atoms with Gasteiger partial charge in [0.1, 0.15) is 5.82 Å². The van der Waals surface area contributed by atoms with E-state index in [-0.39, 0.29) is 11.9 Å². The van der Waals surface area contributed by atoms with Crippen LogP contribution in [-0.2, 0) is 0 Å². The molecule has 1 nitrogen and oxygen atoms in total. The van der Waals surface area contributed by atoms with E-state index in [2.05, 4.69) is 6.92 Å². The van der Waals surface area contributed by atoms with E-state index in [1.165, 1.54) is 12.1 Å². The van der Waals surface area contributed by atoms with Gasteiger partial charge in [0.2, 0.25) is 0 Å². The Kier molecular flexibility index (Phi) is 5.06. The molecule has 0 bridgehead atoms. The van der Waals surface area contributed by atoms with Crippen LogP contribution in [0.25, 0.3) is 0 Å². The smallest absolute Gasteiger partial charge is 0.125 e. The Labute approximate surface area is 95.4 Å². The fraction of sp³-hybridized carbons (Fsp3) is 0.500. The van der Waals surface area contributed by atoms with Gasteiger partial charge < -0.3 is 5.73 Å². The Hall–Kier alpha value is -0.600. The molecule has 3 heteroatoms. The minimum Gasteiger partial charge on any atom is -0.324 e. The Morgan fingerprint density at radius 1 is 1.33 bits per heavy atom. The maximum atomic E-state index is 13.0. The summed E-state index contributed by atoms with van der Waals surface area (Å²) in [5, 5.41) is 0.413. The zero-order valence-corrected chi connectivity index (χ0v) is 9.73. The molecule has 84 valence electrons. The number of hydrogen-bond acceptors (Lipinski definition) is 1. The number of halogens is 2. The van der Waals surface area contributed by atoms with Crippen LogP contribution in [0.4, 0.5) is 4.39 Å². The van der Waals surface area contributed by atoms with Crippen LogP contribution in [0, 0.1) is 5.82 Å². The van der Waals surface area contributed by atoms with Gasteiger partial charge in [0.25, 0.3) is 0 Å². The number of hydrogen-bond donors (Lipinski definition) is 1. The van der Waals surface area contributed by atoms with Crippen molar-refractivity contribution in [1.29, 1.82) is 0 Å². The van der Waals surface area contributed by atoms with Gasteiger partial charge in [0, 0.05) is 11.1 Å². The van der Waals surface area contributed by atoms with E-state index < -0.39 is 0 Å². The third-order valence-electron chi connectivity index (χ3n) is 2.43. The second kappa shape index (κ2) is 6.09. The summed E-state index contributed by atoms with van der Waals surface area (Å²) < 4.78 is 13.0. The van der Waals surface area contributed by atoms with Crippen molar-refractivity contribution in [2.24, 2.45) is 5.73 Å². The summed E-state index contributed by atoms with van der Waals surface area (Å²) in [5.41, 5.74) is 6.74. The summed E-state index contributed by atoms with van der Waals surface area (Å²) in [6.07, 6.45) is 4.28. The average Bonchev–Trinajstić information content (AvgIpc) is 2.16. The van der Waals surface area contributed by atoms with Gasteiger partial charge in [-0.05, 0) is 30.2 Å². The van der Waals surface area contributed by atoms with Crippen LogP contribution in [-0.4, -0.2) is 0 Å². The maximum Gasteiger partial charge on any atom is 0.125 e. The van der Waals surface area contributed by atoms with E-state index >= 15 is 0 Å². The largest absolute Gasteiger partial charge is 0.324 e. The standard InChI is InChI=1S/C12H17ClFN/c1-2-3-4-5-12(15)9-6-10(13)8-11(14)7-9/h6-8,12H,2-5,15H2,1H3/t12-/m1/s1. The number of benzene rings is 1. The second-order valence-corrected chi connectivity index (χ2v) is 4.24. The van der Waals surface area contributed by atoms with Gasteiger partial charge in [0.05, 0.1) is 0 Å². The van der Waals surface area contributed by atoms with Crippen molar-refractivity contribution in [2.75, 3.05) is 0 Å². The molecular formula is C12H17ClFN. The molecule has 1 atom stereocenters. The highest BCUT2D eigenvalue weighted by Crippen LogP contribution is 2.22. The Bertz CT molecular complexity index is 294. The molecule has 0 aliphatic carbocycles. The molecule has 0 unspecified atom stereocenters. The predicted octanol–water partition coefficient (Wildman–Crippen LogP) is 4.06. The van der Waals surface area contributed by atoms with Crippen molar-refractivity contribution >= 4 is 11.6 Å². The molecule has 0 aliphatic heterocycles. The Morgan fingerprint density at radius 3 is 2.67 bits per heavy atom. The quantitative estimate of drug-likeness (QED) is 0.758. The molecule has 0 heterocycles. The monoisotopic (exact) mass is 229 g/mol. The van der Waals surface area contributed by atoms with E-state index in [1.54, 1.807) is 6.07 Å². The molecule has 1 aromatic carbocycles. The minimum absolute atomic E-state index is 0.107. The fourth-order valence-electron chi connectivity index (χ4n) is 1.57. The van der Waals surface area contributed by atoms with Crippen molar-refractivity contribution in [1.82, 2.24) is 0 Å². The summed E-state index contributed by atoms with van der Waals surface area (Å²) in [7, 11) is 0. The highest BCUT2D eigenvalue weighted by molar-refractivity contribution is 6.30. The maximum absolute atomic E-state index is 13.0. The van der Waals surface area contributed by atoms with E-state index in [1.807, 2.05) is 0 Å². The molecule has 0 aliphatic rings. The first kappa shape index (κ1) is 12.5. The molecule has 0 aromatic heterocycles. The lowest BCUT2D eigenvalue weighted by Gasteiger charge is -2.12. The molecule has 0 spiro atoms. The van der Waals surface area contributed by atoms with E-state index in [0.717, 1.165) is 31.2 Å². The van der Waals surface area contributed by atoms with Gasteiger partial charge in [-0.15, -0.1) is 0 Å². The van der Waals surface area contributed by atoms with Crippen molar-refractivity contribution in [3.8, 4) is 0 Å². The summed E-state index contributed by atoms with van der Waals surface area (Å²) >= 11 is 5.76. The van der Waals surface area contributed by atoms with Crippen LogP contribution < -0.4 is 5.73 Å². The molecule has 1 rings (SSSR count). The van der Waals surface area contributed by atoms with Crippen molar-refractivity contribution in [2.45, 2.75) is 38.6 Å². The van der Waals surface area contributed by atoms with Crippen molar-refractivity contribution in [3.63, 3.8) is 0 Å². The fourth-order valence-corrected chi connectivity index (χ4v) is 1.80. The highest BCUT2D eigenvalue weighted by Gasteiger charge is 2.07. The van der Waals surface area contributed by atoms with Gasteiger partial charge >= 0.3 is 0 Å². The summed E-state index contributed by atoms with van der Waals surface area (Å²) in [5.74, 6) is -0.316. The molecule has 0 saturated heterocycles. The van der Waals surface area contributed by atoms with Gasteiger partial charge in [-0.25, -0.2) is 4.39 Å². The van der Waals surface area contributed by atoms with Gasteiger partial charge in [-0.3, -0.25) is 0 Å². The molecule has 0 amide bonds. The third-order valence-corrected chi connectivity index (χ3v) is 2.65. The third kappa shape index (κ3) is 4.18. The first-order chi connectivity index (χ1) is 7.13. The van der Waals surface area contributed by atoms with Gasteiger partial charge in [-0.1, -0.05) is 37.8 Å². The van der Waals surface area contributed by atoms with E-state index in [4.69, 9.17) is 17.3 Å². The second-order valence-electron chi connectivity index (χ2n) is 3.81. The zero-order valence-electron chi connectivity index (χ0n) is 8.97. The van der Waals surface area contributed by atoms with Gasteiger partial charge in [0.15, 0.2) is 0 Å². The number of rotatable bonds is 5. The summed E-state index contributed by atoms with van der Waals surface area (Å²) in [6.45, 7) is 2.14. The molecule has 0 saturated carbocycles. The molecule has 1 aromatic rings. The van der Waals surface area contributed by atoms with Crippen molar-refractivity contribution < 1.29 is 4.39 Å². The highest BCUT2D eigenvalue weighted by atomic mass is 35.5. The van der Waals surface area contributed by atoms with Crippen LogP contribution >= 0.6 is 11.6 Å². The number of nitrogens with two attached hydrogens (primary N) is 1. The molecule has 15 heavy (non-hydrogen) atoms. The SMILES string of the molecule is CCCCC[C@@H](N)c1cc(F)cc(Cl)c1.